The molecule has 0 atom stereocenters. The molecule has 7 nitrogen and oxygen atoms in total. The summed E-state index contributed by atoms with van der Waals surface area (Å²) in [6.45, 7) is 0.314. The van der Waals surface area contributed by atoms with E-state index in [-0.39, 0.29) is 22.7 Å². The van der Waals surface area contributed by atoms with Gasteiger partial charge in [-0.1, -0.05) is 18.2 Å². The number of nitro groups is 1. The van der Waals surface area contributed by atoms with Crippen LogP contribution in [0.4, 0.5) is 5.69 Å². The van der Waals surface area contributed by atoms with Crippen molar-refractivity contribution in [2.24, 2.45) is 0 Å². The van der Waals surface area contributed by atoms with Gasteiger partial charge >= 0.3 is 0 Å². The number of aromatic hydroxyl groups is 2. The molecular weight excluding hydrogens is 336 g/mol. The summed E-state index contributed by atoms with van der Waals surface area (Å²) in [5.41, 5.74) is 0.984. The van der Waals surface area contributed by atoms with E-state index in [1.807, 2.05) is 0 Å². The Bertz CT molecular complexity index is 983. The first-order valence-corrected chi connectivity index (χ1v) is 7.91. The van der Waals surface area contributed by atoms with Crippen LogP contribution in [-0.2, 0) is 6.42 Å². The zero-order valence-electron chi connectivity index (χ0n) is 13.7. The van der Waals surface area contributed by atoms with Crippen molar-refractivity contribution < 1.29 is 19.9 Å². The lowest BCUT2D eigenvalue weighted by Gasteiger charge is -2.09. The van der Waals surface area contributed by atoms with Crippen LogP contribution in [0.5, 0.6) is 11.5 Å². The van der Waals surface area contributed by atoms with Crippen LogP contribution in [0.2, 0.25) is 0 Å². The normalized spacial score (nSPS) is 10.6. The molecule has 1 amide bonds. The van der Waals surface area contributed by atoms with Crippen LogP contribution in [0.1, 0.15) is 15.9 Å². The van der Waals surface area contributed by atoms with E-state index in [1.165, 1.54) is 36.4 Å². The van der Waals surface area contributed by atoms with Gasteiger partial charge in [0.2, 0.25) is 0 Å². The molecule has 0 spiro atoms. The Balaban J connectivity index is 1.67. The third-order valence-corrected chi connectivity index (χ3v) is 4.03. The van der Waals surface area contributed by atoms with Crippen LogP contribution in [0.3, 0.4) is 0 Å². The number of non-ortho nitro benzene ring substituents is 1. The summed E-state index contributed by atoms with van der Waals surface area (Å²) in [6, 6.07) is 13.8. The van der Waals surface area contributed by atoms with E-state index in [4.69, 9.17) is 0 Å². The number of rotatable bonds is 5. The fourth-order valence-electron chi connectivity index (χ4n) is 2.65. The number of fused-ring (bicyclic) bond motifs is 1. The molecule has 3 N–H and O–H groups in total. The van der Waals surface area contributed by atoms with Crippen molar-refractivity contribution in [1.29, 1.82) is 0 Å². The molecule has 0 aliphatic carbocycles. The largest absolute Gasteiger partial charge is 0.508 e. The molecule has 0 heterocycles. The second kappa shape index (κ2) is 7.10. The zero-order chi connectivity index (χ0) is 18.7. The van der Waals surface area contributed by atoms with Gasteiger partial charge in [-0.05, 0) is 47.0 Å². The number of carbonyl (C=O) groups excluding carboxylic acids is 1. The number of nitro benzene ring substituents is 1. The number of benzene rings is 3. The summed E-state index contributed by atoms with van der Waals surface area (Å²) in [5, 5.41) is 34.3. The highest BCUT2D eigenvalue weighted by atomic mass is 16.6. The van der Waals surface area contributed by atoms with Gasteiger partial charge in [0.1, 0.15) is 11.5 Å². The topological polar surface area (TPSA) is 113 Å². The first-order chi connectivity index (χ1) is 12.4. The Morgan fingerprint density at radius 3 is 2.42 bits per heavy atom. The van der Waals surface area contributed by atoms with E-state index in [0.717, 1.165) is 5.56 Å². The van der Waals surface area contributed by atoms with Gasteiger partial charge in [-0.3, -0.25) is 14.9 Å². The third kappa shape index (κ3) is 3.72. The quantitative estimate of drug-likeness (QED) is 0.482. The van der Waals surface area contributed by atoms with Gasteiger partial charge in [0.25, 0.3) is 11.6 Å². The summed E-state index contributed by atoms with van der Waals surface area (Å²) < 4.78 is 0. The number of nitrogens with one attached hydrogen (secondary N) is 1. The highest BCUT2D eigenvalue weighted by Gasteiger charge is 2.12. The number of hydrogen-bond donors (Lipinski definition) is 3. The zero-order valence-corrected chi connectivity index (χ0v) is 13.7. The molecule has 26 heavy (non-hydrogen) atoms. The molecule has 0 aromatic heterocycles. The highest BCUT2D eigenvalue weighted by Crippen LogP contribution is 2.27. The summed E-state index contributed by atoms with van der Waals surface area (Å²) in [4.78, 5) is 22.5. The lowest BCUT2D eigenvalue weighted by atomic mass is 10.0. The van der Waals surface area contributed by atoms with Gasteiger partial charge in [0, 0.05) is 18.7 Å². The Morgan fingerprint density at radius 1 is 1.00 bits per heavy atom. The maximum atomic E-state index is 12.3. The molecule has 7 heteroatoms. The van der Waals surface area contributed by atoms with Gasteiger partial charge in [-0.15, -0.1) is 0 Å². The molecular formula is C19H16N2O5. The molecule has 0 aliphatic heterocycles. The minimum atomic E-state index is -0.466. The summed E-state index contributed by atoms with van der Waals surface area (Å²) in [7, 11) is 0. The van der Waals surface area contributed by atoms with Crippen LogP contribution < -0.4 is 5.32 Å². The lowest BCUT2D eigenvalue weighted by molar-refractivity contribution is -0.384. The van der Waals surface area contributed by atoms with Crippen LogP contribution in [0.25, 0.3) is 10.8 Å². The number of nitrogens with zero attached hydrogens (tertiary/aromatic N) is 1. The van der Waals surface area contributed by atoms with E-state index in [1.54, 1.807) is 18.2 Å². The highest BCUT2D eigenvalue weighted by molar-refractivity contribution is 6.01. The Kier molecular flexibility index (Phi) is 4.70. The monoisotopic (exact) mass is 352 g/mol. The van der Waals surface area contributed by atoms with E-state index in [2.05, 4.69) is 5.32 Å². The van der Waals surface area contributed by atoms with Crippen molar-refractivity contribution in [2.75, 3.05) is 6.54 Å². The van der Waals surface area contributed by atoms with E-state index in [0.29, 0.717) is 23.7 Å². The van der Waals surface area contributed by atoms with Gasteiger partial charge in [0.05, 0.1) is 10.5 Å². The molecule has 0 unspecified atom stereocenters. The third-order valence-electron chi connectivity index (χ3n) is 4.03. The molecule has 0 radical (unpaired) electrons. The summed E-state index contributed by atoms with van der Waals surface area (Å²) >= 11 is 0. The first-order valence-electron chi connectivity index (χ1n) is 7.91. The molecule has 3 rings (SSSR count). The molecule has 3 aromatic rings. The van der Waals surface area contributed by atoms with Gasteiger partial charge in [0.15, 0.2) is 0 Å². The lowest BCUT2D eigenvalue weighted by Crippen LogP contribution is -2.25. The standard InChI is InChI=1S/C19H16N2O5/c22-16-6-3-13-11-18(23)17(10-14(13)9-16)19(24)20-8-7-12-1-4-15(5-2-12)21(25)26/h1-6,9-11,22-23H,7-8H2,(H,20,24). The van der Waals surface area contributed by atoms with Gasteiger partial charge in [-0.2, -0.15) is 0 Å². The SMILES string of the molecule is O=C(NCCc1ccc([N+](=O)[O-])cc1)c1cc2cc(O)ccc2cc1O. The van der Waals surface area contributed by atoms with Gasteiger partial charge < -0.3 is 15.5 Å². The Labute approximate surface area is 148 Å². The molecule has 3 aromatic carbocycles. The fourth-order valence-corrected chi connectivity index (χ4v) is 2.65. The predicted molar refractivity (Wildman–Crippen MR) is 96.4 cm³/mol. The number of carbonyl (C=O) groups is 1. The molecule has 0 fully saturated rings. The molecule has 0 bridgehead atoms. The fraction of sp³-hybridized carbons (Fsp3) is 0.105. The maximum absolute atomic E-state index is 12.3. The predicted octanol–water partition coefficient (Wildman–Crippen LogP) is 3.13. The average Bonchev–Trinajstić information content (AvgIpc) is 2.61. The second-order valence-electron chi connectivity index (χ2n) is 5.83. The van der Waals surface area contributed by atoms with Crippen molar-refractivity contribution in [1.82, 2.24) is 5.32 Å². The smallest absolute Gasteiger partial charge is 0.269 e. The molecule has 0 saturated carbocycles. The minimum Gasteiger partial charge on any atom is -0.508 e. The average molecular weight is 352 g/mol. The van der Waals surface area contributed by atoms with Crippen LogP contribution in [-0.4, -0.2) is 27.6 Å². The number of phenolic OH excluding ortho intramolecular Hbond substituents is 2. The van der Waals surface area contributed by atoms with Crippen molar-refractivity contribution in [3.8, 4) is 11.5 Å². The molecule has 0 saturated heterocycles. The van der Waals surface area contributed by atoms with E-state index in [9.17, 15) is 25.1 Å². The number of hydrogen-bond acceptors (Lipinski definition) is 5. The van der Waals surface area contributed by atoms with E-state index >= 15 is 0 Å². The minimum absolute atomic E-state index is 0.0159. The van der Waals surface area contributed by atoms with Crippen LogP contribution in [0, 0.1) is 10.1 Å². The maximum Gasteiger partial charge on any atom is 0.269 e. The first kappa shape index (κ1) is 17.2. The van der Waals surface area contributed by atoms with Crippen LogP contribution >= 0.6 is 0 Å². The number of amides is 1. The van der Waals surface area contributed by atoms with Crippen molar-refractivity contribution in [3.63, 3.8) is 0 Å². The molecule has 0 aliphatic rings. The summed E-state index contributed by atoms with van der Waals surface area (Å²) in [6.07, 6.45) is 0.499. The van der Waals surface area contributed by atoms with Crippen molar-refractivity contribution in [2.45, 2.75) is 6.42 Å². The second-order valence-corrected chi connectivity index (χ2v) is 5.83. The summed E-state index contributed by atoms with van der Waals surface area (Å²) in [5.74, 6) is -0.501. The van der Waals surface area contributed by atoms with Crippen molar-refractivity contribution >= 4 is 22.4 Å². The van der Waals surface area contributed by atoms with Crippen LogP contribution in [0.15, 0.2) is 54.6 Å². The Morgan fingerprint density at radius 2 is 1.73 bits per heavy atom. The van der Waals surface area contributed by atoms with Gasteiger partial charge in [-0.25, -0.2) is 0 Å². The van der Waals surface area contributed by atoms with E-state index < -0.39 is 10.8 Å². The Hall–Kier alpha value is -3.61. The molecule has 132 valence electrons. The number of phenols is 2. The van der Waals surface area contributed by atoms with Crippen molar-refractivity contribution in [3.05, 3.63) is 75.8 Å².